The zero-order valence-corrected chi connectivity index (χ0v) is 18.4. The molecule has 162 valence electrons. The Balaban J connectivity index is 1.43. The molecule has 32 heavy (non-hydrogen) atoms. The molecule has 2 aliphatic rings. The van der Waals surface area contributed by atoms with Crippen molar-refractivity contribution < 1.29 is 4.79 Å². The van der Waals surface area contributed by atoms with Crippen molar-refractivity contribution in [3.8, 4) is 22.4 Å². The fraction of sp³-hybridized carbons (Fsp3) is 0.333. The number of hydrogen-bond acceptors (Lipinski definition) is 5. The zero-order chi connectivity index (χ0) is 22.1. The van der Waals surface area contributed by atoms with Gasteiger partial charge in [-0.2, -0.15) is 5.10 Å². The van der Waals surface area contributed by atoms with E-state index in [0.29, 0.717) is 30.0 Å². The molecule has 0 bridgehead atoms. The summed E-state index contributed by atoms with van der Waals surface area (Å²) in [7, 11) is 1.87. The van der Waals surface area contributed by atoms with Gasteiger partial charge in [-0.05, 0) is 61.9 Å². The van der Waals surface area contributed by atoms with Crippen LogP contribution < -0.4 is 5.73 Å². The van der Waals surface area contributed by atoms with Crippen LogP contribution >= 0.6 is 0 Å². The number of anilines is 1. The van der Waals surface area contributed by atoms with E-state index < -0.39 is 0 Å². The summed E-state index contributed by atoms with van der Waals surface area (Å²) < 4.78 is 3.43. The fourth-order valence-corrected chi connectivity index (χ4v) is 4.93. The van der Waals surface area contributed by atoms with Gasteiger partial charge in [-0.3, -0.25) is 9.48 Å². The van der Waals surface area contributed by atoms with Gasteiger partial charge in [0, 0.05) is 48.7 Å². The number of carbonyl (C=O) groups excluding carboxylic acids is 1. The van der Waals surface area contributed by atoms with Gasteiger partial charge in [-0.15, -0.1) is 5.10 Å². The number of aromatic nitrogens is 5. The molecule has 8 heteroatoms. The molecule has 4 heterocycles. The van der Waals surface area contributed by atoms with E-state index in [9.17, 15) is 4.79 Å². The van der Waals surface area contributed by atoms with Crippen LogP contribution in [-0.2, 0) is 13.6 Å². The Bertz CT molecular complexity index is 1400. The lowest BCUT2D eigenvalue weighted by atomic mass is 9.98. The first-order valence-electron chi connectivity index (χ1n) is 11.0. The summed E-state index contributed by atoms with van der Waals surface area (Å²) in [4.78, 5) is 20.0. The highest BCUT2D eigenvalue weighted by Crippen LogP contribution is 2.40. The van der Waals surface area contributed by atoms with Gasteiger partial charge in [-0.1, -0.05) is 0 Å². The SMILES string of the molecule is Cc1cc(-c2ccn3nc(N)c(-c4cnn(C)c4)c3n2)cc2c1C(=O)N([C@@H](C)C1CC1)C2. The molecular weight excluding hydrogens is 402 g/mol. The van der Waals surface area contributed by atoms with Gasteiger partial charge in [0.1, 0.15) is 0 Å². The monoisotopic (exact) mass is 427 g/mol. The van der Waals surface area contributed by atoms with Crippen LogP contribution in [0.4, 0.5) is 5.82 Å². The average Bonchev–Trinajstić information content (AvgIpc) is 3.33. The van der Waals surface area contributed by atoms with E-state index in [1.165, 1.54) is 12.8 Å². The number of rotatable bonds is 4. The summed E-state index contributed by atoms with van der Waals surface area (Å²) >= 11 is 0. The minimum atomic E-state index is 0.161. The van der Waals surface area contributed by atoms with Crippen LogP contribution in [-0.4, -0.2) is 41.2 Å². The highest BCUT2D eigenvalue weighted by molar-refractivity contribution is 6.00. The second kappa shape index (κ2) is 6.66. The lowest BCUT2D eigenvalue weighted by molar-refractivity contribution is 0.0697. The third kappa shape index (κ3) is 2.82. The molecular formula is C24H25N7O. The molecule has 1 amide bonds. The van der Waals surface area contributed by atoms with Crippen LogP contribution in [0.3, 0.4) is 0 Å². The Hall–Kier alpha value is -3.68. The summed E-state index contributed by atoms with van der Waals surface area (Å²) in [5.41, 5.74) is 13.3. The van der Waals surface area contributed by atoms with E-state index in [-0.39, 0.29) is 5.91 Å². The number of nitrogens with zero attached hydrogens (tertiary/aromatic N) is 6. The molecule has 1 saturated carbocycles. The number of amides is 1. The second-order valence-corrected chi connectivity index (χ2v) is 9.08. The maximum atomic E-state index is 13.1. The lowest BCUT2D eigenvalue weighted by Gasteiger charge is -2.24. The maximum Gasteiger partial charge on any atom is 0.255 e. The maximum absolute atomic E-state index is 13.1. The van der Waals surface area contributed by atoms with Gasteiger partial charge in [0.2, 0.25) is 0 Å². The van der Waals surface area contributed by atoms with E-state index >= 15 is 0 Å². The molecule has 8 nitrogen and oxygen atoms in total. The number of carbonyl (C=O) groups is 1. The van der Waals surface area contributed by atoms with Crippen LogP contribution in [0.2, 0.25) is 0 Å². The van der Waals surface area contributed by atoms with Gasteiger partial charge in [0.05, 0.1) is 17.5 Å². The minimum absolute atomic E-state index is 0.161. The van der Waals surface area contributed by atoms with Crippen LogP contribution in [0.1, 0.15) is 41.3 Å². The summed E-state index contributed by atoms with van der Waals surface area (Å²) in [6.45, 7) is 4.86. The molecule has 1 aliphatic carbocycles. The predicted molar refractivity (Wildman–Crippen MR) is 122 cm³/mol. The predicted octanol–water partition coefficient (Wildman–Crippen LogP) is 3.44. The van der Waals surface area contributed by atoms with Crippen molar-refractivity contribution in [1.29, 1.82) is 0 Å². The zero-order valence-electron chi connectivity index (χ0n) is 18.4. The quantitative estimate of drug-likeness (QED) is 0.538. The van der Waals surface area contributed by atoms with Crippen LogP contribution in [0.5, 0.6) is 0 Å². The molecule has 1 atom stereocenters. The van der Waals surface area contributed by atoms with Crippen molar-refractivity contribution >= 4 is 17.4 Å². The highest BCUT2D eigenvalue weighted by Gasteiger charge is 2.39. The Morgan fingerprint density at radius 1 is 1.19 bits per heavy atom. The van der Waals surface area contributed by atoms with E-state index in [0.717, 1.165) is 39.1 Å². The molecule has 0 saturated heterocycles. The molecule has 6 rings (SSSR count). The number of hydrogen-bond donors (Lipinski definition) is 1. The smallest absolute Gasteiger partial charge is 0.255 e. The van der Waals surface area contributed by atoms with Crippen molar-refractivity contribution in [2.24, 2.45) is 13.0 Å². The van der Waals surface area contributed by atoms with Crippen LogP contribution in [0.25, 0.3) is 28.0 Å². The van der Waals surface area contributed by atoms with Gasteiger partial charge in [0.15, 0.2) is 11.5 Å². The molecule has 2 N–H and O–H groups in total. The number of nitrogens with two attached hydrogens (primary N) is 1. The van der Waals surface area contributed by atoms with Gasteiger partial charge >= 0.3 is 0 Å². The van der Waals surface area contributed by atoms with Gasteiger partial charge in [-0.25, -0.2) is 9.50 Å². The molecule has 3 aromatic heterocycles. The van der Waals surface area contributed by atoms with Crippen molar-refractivity contribution in [3.05, 3.63) is 53.5 Å². The lowest BCUT2D eigenvalue weighted by Crippen LogP contribution is -2.34. The van der Waals surface area contributed by atoms with E-state index in [1.54, 1.807) is 15.4 Å². The van der Waals surface area contributed by atoms with Crippen molar-refractivity contribution in [1.82, 2.24) is 29.3 Å². The standard InChI is InChI=1S/C24H25N7O/c1-13-8-16(9-17-12-30(24(32)20(13)17)14(2)15-4-5-15)19-6-7-31-23(27-19)21(22(25)28-31)18-10-26-29(3)11-18/h6-11,14-15H,4-5,12H2,1-3H3,(H2,25,28)/t14-/m0/s1. The topological polar surface area (TPSA) is 94.3 Å². The molecule has 4 aromatic rings. The minimum Gasteiger partial charge on any atom is -0.382 e. The molecule has 0 radical (unpaired) electrons. The largest absolute Gasteiger partial charge is 0.382 e. The normalized spacial score (nSPS) is 16.7. The average molecular weight is 428 g/mol. The first-order chi connectivity index (χ1) is 15.4. The second-order valence-electron chi connectivity index (χ2n) is 9.08. The van der Waals surface area contributed by atoms with Gasteiger partial charge in [0.25, 0.3) is 5.91 Å². The number of fused-ring (bicyclic) bond motifs is 2. The Labute approximate surface area is 185 Å². The Morgan fingerprint density at radius 3 is 2.72 bits per heavy atom. The number of nitrogen functional groups attached to an aromatic ring is 1. The molecule has 1 fully saturated rings. The number of aryl methyl sites for hydroxylation is 2. The summed E-state index contributed by atoms with van der Waals surface area (Å²) in [5, 5.41) is 8.67. The first-order valence-corrected chi connectivity index (χ1v) is 11.0. The molecule has 0 unspecified atom stereocenters. The van der Waals surface area contributed by atoms with Crippen molar-refractivity contribution in [2.45, 2.75) is 39.3 Å². The summed E-state index contributed by atoms with van der Waals surface area (Å²) in [5.74, 6) is 1.23. The fourth-order valence-electron chi connectivity index (χ4n) is 4.93. The third-order valence-corrected chi connectivity index (χ3v) is 6.83. The Morgan fingerprint density at radius 2 is 2.00 bits per heavy atom. The number of benzene rings is 1. The third-order valence-electron chi connectivity index (χ3n) is 6.83. The first kappa shape index (κ1) is 19.0. The summed E-state index contributed by atoms with van der Waals surface area (Å²) in [6.07, 6.45) is 8.00. The van der Waals surface area contributed by atoms with Crippen LogP contribution in [0.15, 0.2) is 36.8 Å². The van der Waals surface area contributed by atoms with E-state index in [1.807, 2.05) is 37.3 Å². The molecule has 1 aromatic carbocycles. The van der Waals surface area contributed by atoms with Crippen molar-refractivity contribution in [3.63, 3.8) is 0 Å². The van der Waals surface area contributed by atoms with Gasteiger partial charge < -0.3 is 10.6 Å². The van der Waals surface area contributed by atoms with E-state index in [2.05, 4.69) is 29.3 Å². The van der Waals surface area contributed by atoms with Crippen LogP contribution in [0, 0.1) is 12.8 Å². The van der Waals surface area contributed by atoms with E-state index in [4.69, 9.17) is 10.7 Å². The Kier molecular flexibility index (Phi) is 3.96. The summed E-state index contributed by atoms with van der Waals surface area (Å²) in [6, 6.07) is 6.41. The molecule has 0 spiro atoms. The van der Waals surface area contributed by atoms with Crippen molar-refractivity contribution in [2.75, 3.05) is 5.73 Å². The molecule has 1 aliphatic heterocycles. The highest BCUT2D eigenvalue weighted by atomic mass is 16.2.